The fourth-order valence-electron chi connectivity index (χ4n) is 1.90. The van der Waals surface area contributed by atoms with Crippen molar-refractivity contribution in [3.05, 3.63) is 0 Å². The van der Waals surface area contributed by atoms with E-state index in [-0.39, 0.29) is 28.7 Å². The minimum Gasteiger partial charge on any atom is -0.357 e. The Morgan fingerprint density at radius 3 is 2.19 bits per heavy atom. The Labute approximate surface area is 153 Å². The van der Waals surface area contributed by atoms with Crippen LogP contribution in [-0.4, -0.2) is 60.6 Å². The van der Waals surface area contributed by atoms with Gasteiger partial charge in [0.1, 0.15) is 0 Å². The molecule has 0 amide bonds. The van der Waals surface area contributed by atoms with Crippen LogP contribution in [0.25, 0.3) is 0 Å². The second-order valence-corrected chi connectivity index (χ2v) is 7.12. The lowest BCUT2D eigenvalue weighted by atomic mass is 10.2. The molecule has 0 bridgehead atoms. The number of likely N-dealkylation sites (N-methyl/N-ethyl adjacent to an activating group) is 1. The van der Waals surface area contributed by atoms with Crippen LogP contribution in [0.4, 0.5) is 0 Å². The lowest BCUT2D eigenvalue weighted by Crippen LogP contribution is -2.46. The number of aliphatic imine (C=N–C) groups is 1. The highest BCUT2D eigenvalue weighted by Crippen LogP contribution is 2.20. The normalized spacial score (nSPS) is 13.8. The first kappa shape index (κ1) is 23.6. The molecule has 0 spiro atoms. The number of thioether (sulfide) groups is 1. The Hall–Kier alpha value is 0.310. The van der Waals surface area contributed by atoms with Crippen LogP contribution in [0.2, 0.25) is 0 Å². The maximum atomic E-state index is 4.69. The smallest absolute Gasteiger partial charge is 0.191 e. The van der Waals surface area contributed by atoms with Gasteiger partial charge in [0, 0.05) is 23.9 Å². The molecule has 4 nitrogen and oxygen atoms in total. The molecule has 1 unspecified atom stereocenters. The molecule has 0 radical (unpaired) electrons. The molecule has 1 atom stereocenters. The summed E-state index contributed by atoms with van der Waals surface area (Å²) in [5, 5.41) is 6.77. The molecule has 21 heavy (non-hydrogen) atoms. The Balaban J connectivity index is 0. The largest absolute Gasteiger partial charge is 0.357 e. The molecular weight excluding hydrogens is 395 g/mol. The first-order valence-electron chi connectivity index (χ1n) is 7.71. The van der Waals surface area contributed by atoms with Crippen LogP contribution in [0.5, 0.6) is 0 Å². The van der Waals surface area contributed by atoms with E-state index in [1.54, 1.807) is 0 Å². The average molecular weight is 430 g/mol. The summed E-state index contributed by atoms with van der Waals surface area (Å²) in [7, 11) is 0. The van der Waals surface area contributed by atoms with E-state index in [0.717, 1.165) is 38.7 Å². The van der Waals surface area contributed by atoms with Gasteiger partial charge in [0.05, 0.1) is 6.54 Å². The molecule has 128 valence electrons. The van der Waals surface area contributed by atoms with E-state index in [9.17, 15) is 0 Å². The Kier molecular flexibility index (Phi) is 14.4. The summed E-state index contributed by atoms with van der Waals surface area (Å²) < 4.78 is 0.187. The molecule has 0 aliphatic heterocycles. The predicted octanol–water partition coefficient (Wildman–Crippen LogP) is 3.03. The number of halogens is 1. The van der Waals surface area contributed by atoms with Crippen molar-refractivity contribution in [1.29, 1.82) is 0 Å². The SMILES string of the molecule is CCNC(=NCC(C)(C)SC)NCC(C)N(CC)CC.I. The molecule has 0 rings (SSSR count). The van der Waals surface area contributed by atoms with Gasteiger partial charge in [-0.15, -0.1) is 24.0 Å². The summed E-state index contributed by atoms with van der Waals surface area (Å²) in [6, 6.07) is 0.516. The van der Waals surface area contributed by atoms with Crippen LogP contribution < -0.4 is 10.6 Å². The van der Waals surface area contributed by atoms with E-state index in [1.165, 1.54) is 0 Å². The minimum atomic E-state index is 0. The van der Waals surface area contributed by atoms with E-state index in [2.05, 4.69) is 63.3 Å². The summed E-state index contributed by atoms with van der Waals surface area (Å²) in [6.07, 6.45) is 2.14. The third kappa shape index (κ3) is 10.6. The standard InChI is InChI=1S/C15H34N4S.HI/c1-8-16-14(18-12-15(5,6)20-7)17-11-13(4)19(9-2)10-3;/h13H,8-12H2,1-7H3,(H2,16,17,18);1H. The Bertz CT molecular complexity index is 281. The minimum absolute atomic E-state index is 0. The number of rotatable bonds is 9. The summed E-state index contributed by atoms with van der Waals surface area (Å²) in [4.78, 5) is 7.14. The topological polar surface area (TPSA) is 39.7 Å². The number of guanidine groups is 1. The molecule has 0 aromatic carbocycles. The second kappa shape index (κ2) is 12.8. The Morgan fingerprint density at radius 1 is 1.19 bits per heavy atom. The summed E-state index contributed by atoms with van der Waals surface area (Å²) in [6.45, 7) is 18.0. The molecule has 2 N–H and O–H groups in total. The van der Waals surface area contributed by atoms with Crippen molar-refractivity contribution in [3.8, 4) is 0 Å². The van der Waals surface area contributed by atoms with E-state index < -0.39 is 0 Å². The third-order valence-corrected chi connectivity index (χ3v) is 4.75. The van der Waals surface area contributed by atoms with Gasteiger partial charge in [-0.1, -0.05) is 13.8 Å². The fraction of sp³-hybridized carbons (Fsp3) is 0.933. The van der Waals surface area contributed by atoms with Gasteiger partial charge in [-0.2, -0.15) is 11.8 Å². The fourth-order valence-corrected chi connectivity index (χ4v) is 2.09. The van der Waals surface area contributed by atoms with Gasteiger partial charge in [-0.05, 0) is 47.0 Å². The zero-order valence-electron chi connectivity index (χ0n) is 14.8. The van der Waals surface area contributed by atoms with Crippen molar-refractivity contribution in [2.24, 2.45) is 4.99 Å². The van der Waals surface area contributed by atoms with E-state index >= 15 is 0 Å². The highest BCUT2D eigenvalue weighted by molar-refractivity contribution is 14.0. The maximum absolute atomic E-state index is 4.69. The van der Waals surface area contributed by atoms with Gasteiger partial charge in [-0.25, -0.2) is 0 Å². The highest BCUT2D eigenvalue weighted by atomic mass is 127. The molecule has 0 fully saturated rings. The molecule has 0 aromatic heterocycles. The second-order valence-electron chi connectivity index (χ2n) is 5.61. The van der Waals surface area contributed by atoms with Crippen molar-refractivity contribution < 1.29 is 0 Å². The monoisotopic (exact) mass is 430 g/mol. The van der Waals surface area contributed by atoms with Gasteiger partial charge >= 0.3 is 0 Å². The first-order chi connectivity index (χ1) is 9.40. The van der Waals surface area contributed by atoms with Crippen LogP contribution in [-0.2, 0) is 0 Å². The van der Waals surface area contributed by atoms with Gasteiger partial charge < -0.3 is 10.6 Å². The van der Waals surface area contributed by atoms with E-state index in [4.69, 9.17) is 4.99 Å². The quantitative estimate of drug-likeness (QED) is 0.335. The van der Waals surface area contributed by atoms with Crippen molar-refractivity contribution >= 4 is 41.7 Å². The molecule has 0 aromatic rings. The third-order valence-electron chi connectivity index (χ3n) is 3.52. The molecule has 0 aliphatic rings. The summed E-state index contributed by atoms with van der Waals surface area (Å²) >= 11 is 1.85. The molecule has 0 heterocycles. The zero-order valence-corrected chi connectivity index (χ0v) is 18.0. The molecule has 0 saturated carbocycles. The van der Waals surface area contributed by atoms with E-state index in [0.29, 0.717) is 6.04 Å². The number of nitrogens with zero attached hydrogens (tertiary/aromatic N) is 2. The molecular formula is C15H35IN4S. The number of hydrogen-bond donors (Lipinski definition) is 2. The van der Waals surface area contributed by atoms with Crippen LogP contribution in [0.15, 0.2) is 4.99 Å². The number of hydrogen-bond acceptors (Lipinski definition) is 3. The van der Waals surface area contributed by atoms with Gasteiger partial charge in [0.2, 0.25) is 0 Å². The van der Waals surface area contributed by atoms with E-state index in [1.807, 2.05) is 11.8 Å². The molecule has 6 heteroatoms. The first-order valence-corrected chi connectivity index (χ1v) is 8.94. The van der Waals surface area contributed by atoms with Crippen molar-refractivity contribution in [1.82, 2.24) is 15.5 Å². The number of nitrogens with one attached hydrogen (secondary N) is 2. The summed E-state index contributed by atoms with van der Waals surface area (Å²) in [5.74, 6) is 0.925. The Morgan fingerprint density at radius 2 is 1.76 bits per heavy atom. The lowest BCUT2D eigenvalue weighted by Gasteiger charge is -2.27. The van der Waals surface area contributed by atoms with Crippen LogP contribution in [0, 0.1) is 0 Å². The predicted molar refractivity (Wildman–Crippen MR) is 109 cm³/mol. The van der Waals surface area contributed by atoms with Crippen molar-refractivity contribution in [2.45, 2.75) is 52.3 Å². The maximum Gasteiger partial charge on any atom is 0.191 e. The van der Waals surface area contributed by atoms with Gasteiger partial charge in [0.25, 0.3) is 0 Å². The molecule has 0 aliphatic carbocycles. The van der Waals surface area contributed by atoms with Crippen molar-refractivity contribution in [3.63, 3.8) is 0 Å². The summed E-state index contributed by atoms with van der Waals surface area (Å²) in [5.41, 5.74) is 0. The molecule has 0 saturated heterocycles. The van der Waals surface area contributed by atoms with Crippen LogP contribution >= 0.6 is 35.7 Å². The van der Waals surface area contributed by atoms with Gasteiger partial charge in [0.15, 0.2) is 5.96 Å². The van der Waals surface area contributed by atoms with Gasteiger partial charge in [-0.3, -0.25) is 9.89 Å². The van der Waals surface area contributed by atoms with Crippen molar-refractivity contribution in [2.75, 3.05) is 39.0 Å². The van der Waals surface area contributed by atoms with Crippen LogP contribution in [0.3, 0.4) is 0 Å². The van der Waals surface area contributed by atoms with Crippen LogP contribution in [0.1, 0.15) is 41.5 Å². The average Bonchev–Trinajstić information content (AvgIpc) is 2.43. The zero-order chi connectivity index (χ0) is 15.6. The lowest BCUT2D eigenvalue weighted by molar-refractivity contribution is 0.231. The highest BCUT2D eigenvalue weighted by Gasteiger charge is 2.16.